The van der Waals surface area contributed by atoms with Crippen molar-refractivity contribution in [1.82, 2.24) is 9.47 Å². The lowest BCUT2D eigenvalue weighted by Crippen LogP contribution is -2.34. The van der Waals surface area contributed by atoms with E-state index in [0.717, 1.165) is 35.7 Å². The highest BCUT2D eigenvalue weighted by molar-refractivity contribution is 6.30. The molecule has 1 aliphatic heterocycles. The normalized spacial score (nSPS) is 15.7. The first-order chi connectivity index (χ1) is 11.5. The number of ketones is 1. The summed E-state index contributed by atoms with van der Waals surface area (Å²) in [6.07, 6.45) is 3.59. The summed E-state index contributed by atoms with van der Waals surface area (Å²) in [7, 11) is 0. The highest BCUT2D eigenvalue weighted by atomic mass is 35.5. The Morgan fingerprint density at radius 3 is 2.54 bits per heavy atom. The molecule has 1 fully saturated rings. The largest absolute Gasteiger partial charge is 0.318 e. The molecule has 0 unspecified atom stereocenters. The van der Waals surface area contributed by atoms with Crippen molar-refractivity contribution in [3.8, 4) is 5.69 Å². The Labute approximate surface area is 147 Å². The van der Waals surface area contributed by atoms with Crippen LogP contribution in [-0.2, 0) is 0 Å². The second kappa shape index (κ2) is 7.08. The van der Waals surface area contributed by atoms with Crippen LogP contribution in [0.4, 0.5) is 4.39 Å². The zero-order valence-corrected chi connectivity index (χ0v) is 14.9. The van der Waals surface area contributed by atoms with E-state index in [4.69, 9.17) is 11.6 Å². The molecule has 2 aromatic rings. The molecule has 1 aromatic carbocycles. The van der Waals surface area contributed by atoms with Gasteiger partial charge in [0.05, 0.1) is 11.6 Å². The number of hydrogen-bond donors (Lipinski definition) is 0. The van der Waals surface area contributed by atoms with Gasteiger partial charge < -0.3 is 4.57 Å². The Kier molecular flexibility index (Phi) is 5.07. The lowest BCUT2D eigenvalue weighted by atomic mass is 10.1. The first kappa shape index (κ1) is 17.2. The summed E-state index contributed by atoms with van der Waals surface area (Å²) < 4.78 is 15.4. The van der Waals surface area contributed by atoms with Crippen LogP contribution in [0, 0.1) is 19.7 Å². The molecule has 5 heteroatoms. The van der Waals surface area contributed by atoms with Gasteiger partial charge in [-0.05, 0) is 64.0 Å². The van der Waals surface area contributed by atoms with Gasteiger partial charge in [0, 0.05) is 22.6 Å². The van der Waals surface area contributed by atoms with Crippen molar-refractivity contribution in [2.24, 2.45) is 0 Å². The van der Waals surface area contributed by atoms with Crippen LogP contribution in [0.5, 0.6) is 0 Å². The van der Waals surface area contributed by atoms with Crippen LogP contribution in [-0.4, -0.2) is 34.9 Å². The summed E-state index contributed by atoms with van der Waals surface area (Å²) in [4.78, 5) is 14.9. The fraction of sp³-hybridized carbons (Fsp3) is 0.421. The van der Waals surface area contributed by atoms with E-state index in [1.807, 2.05) is 24.5 Å². The topological polar surface area (TPSA) is 25.2 Å². The van der Waals surface area contributed by atoms with E-state index < -0.39 is 5.82 Å². The summed E-state index contributed by atoms with van der Waals surface area (Å²) >= 11 is 5.90. The lowest BCUT2D eigenvalue weighted by molar-refractivity contribution is 0.0915. The van der Waals surface area contributed by atoms with Gasteiger partial charge in [0.1, 0.15) is 5.82 Å². The predicted molar refractivity (Wildman–Crippen MR) is 94.8 cm³/mol. The number of Topliss-reactive ketones (excluding diaryl/α,β-unsaturated/α-hetero) is 1. The fourth-order valence-corrected chi connectivity index (χ4v) is 3.65. The molecule has 0 aliphatic carbocycles. The molecule has 3 nitrogen and oxygen atoms in total. The van der Waals surface area contributed by atoms with Gasteiger partial charge in [-0.1, -0.05) is 18.0 Å². The van der Waals surface area contributed by atoms with Gasteiger partial charge in [0.2, 0.25) is 0 Å². The molecule has 128 valence electrons. The van der Waals surface area contributed by atoms with E-state index in [1.165, 1.54) is 25.3 Å². The smallest absolute Gasteiger partial charge is 0.178 e. The van der Waals surface area contributed by atoms with Crippen LogP contribution < -0.4 is 0 Å². The maximum Gasteiger partial charge on any atom is 0.178 e. The predicted octanol–water partition coefficient (Wildman–Crippen LogP) is 4.56. The van der Waals surface area contributed by atoms with Gasteiger partial charge in [-0.2, -0.15) is 0 Å². The van der Waals surface area contributed by atoms with E-state index in [1.54, 1.807) is 12.1 Å². The van der Waals surface area contributed by atoms with Crippen LogP contribution in [0.3, 0.4) is 0 Å². The van der Waals surface area contributed by atoms with E-state index in [9.17, 15) is 9.18 Å². The van der Waals surface area contributed by atoms with Gasteiger partial charge in [0.25, 0.3) is 0 Å². The highest BCUT2D eigenvalue weighted by Gasteiger charge is 2.20. The maximum absolute atomic E-state index is 13.4. The van der Waals surface area contributed by atoms with E-state index >= 15 is 0 Å². The quantitative estimate of drug-likeness (QED) is 0.757. The molecule has 1 aliphatic rings. The van der Waals surface area contributed by atoms with Crippen LogP contribution in [0.15, 0.2) is 24.3 Å². The third kappa shape index (κ3) is 3.40. The number of aromatic nitrogens is 1. The number of piperidine rings is 1. The van der Waals surface area contributed by atoms with Crippen LogP contribution in [0.25, 0.3) is 5.69 Å². The Bertz CT molecular complexity index is 763. The number of likely N-dealkylation sites (tertiary alicyclic amines) is 1. The number of carbonyl (C=O) groups is 1. The summed E-state index contributed by atoms with van der Waals surface area (Å²) in [6.45, 7) is 6.33. The molecule has 2 heterocycles. The van der Waals surface area contributed by atoms with Crippen molar-refractivity contribution < 1.29 is 9.18 Å². The third-order valence-electron chi connectivity index (χ3n) is 4.71. The molecule has 0 spiro atoms. The van der Waals surface area contributed by atoms with Crippen molar-refractivity contribution in [2.45, 2.75) is 33.1 Å². The third-order valence-corrected chi connectivity index (χ3v) is 5.00. The van der Waals surface area contributed by atoms with Crippen molar-refractivity contribution in [3.05, 3.63) is 52.1 Å². The molecule has 24 heavy (non-hydrogen) atoms. The Morgan fingerprint density at radius 2 is 1.88 bits per heavy atom. The summed E-state index contributed by atoms with van der Waals surface area (Å²) in [6, 6.07) is 6.54. The van der Waals surface area contributed by atoms with E-state index in [2.05, 4.69) is 4.90 Å². The van der Waals surface area contributed by atoms with Gasteiger partial charge in [0.15, 0.2) is 5.78 Å². The highest BCUT2D eigenvalue weighted by Crippen LogP contribution is 2.25. The molecule has 1 saturated heterocycles. The van der Waals surface area contributed by atoms with E-state index in [-0.39, 0.29) is 10.8 Å². The second-order valence-corrected chi connectivity index (χ2v) is 6.89. The summed E-state index contributed by atoms with van der Waals surface area (Å²) in [5.74, 6) is -0.297. The van der Waals surface area contributed by atoms with Crippen LogP contribution in [0.1, 0.15) is 41.0 Å². The average molecular weight is 349 g/mol. The molecule has 1 aromatic heterocycles. The Morgan fingerprint density at radius 1 is 1.17 bits per heavy atom. The molecule has 3 rings (SSSR count). The second-order valence-electron chi connectivity index (χ2n) is 6.48. The number of hydrogen-bond acceptors (Lipinski definition) is 2. The number of rotatable bonds is 4. The van der Waals surface area contributed by atoms with E-state index in [0.29, 0.717) is 6.54 Å². The SMILES string of the molecule is Cc1cc(C(=O)CN2CCCCC2)c(C)n1-c1ccc(F)c(Cl)c1. The maximum atomic E-state index is 13.4. The number of benzene rings is 1. The zero-order valence-electron chi connectivity index (χ0n) is 14.1. The number of aryl methyl sites for hydroxylation is 1. The minimum atomic E-state index is -0.440. The molecular formula is C19H22ClFN2O. The first-order valence-corrected chi connectivity index (χ1v) is 8.75. The molecule has 0 radical (unpaired) electrons. The fourth-order valence-electron chi connectivity index (χ4n) is 3.47. The molecular weight excluding hydrogens is 327 g/mol. The van der Waals surface area contributed by atoms with Crippen molar-refractivity contribution in [2.75, 3.05) is 19.6 Å². The molecule has 0 atom stereocenters. The molecule has 0 bridgehead atoms. The summed E-state index contributed by atoms with van der Waals surface area (Å²) in [5.41, 5.74) is 3.32. The first-order valence-electron chi connectivity index (χ1n) is 8.37. The van der Waals surface area contributed by atoms with Gasteiger partial charge in [-0.25, -0.2) is 4.39 Å². The standard InChI is InChI=1S/C19H22ClFN2O/c1-13-10-16(19(24)12-22-8-4-3-5-9-22)14(2)23(13)15-6-7-18(21)17(20)11-15/h6-7,10-11H,3-5,8-9,12H2,1-2H3. The monoisotopic (exact) mass is 348 g/mol. The Balaban J connectivity index is 1.88. The minimum absolute atomic E-state index is 0.0844. The van der Waals surface area contributed by atoms with Gasteiger partial charge in [-0.15, -0.1) is 0 Å². The van der Waals surface area contributed by atoms with Crippen molar-refractivity contribution >= 4 is 17.4 Å². The van der Waals surface area contributed by atoms with Crippen LogP contribution in [0.2, 0.25) is 5.02 Å². The lowest BCUT2D eigenvalue weighted by Gasteiger charge is -2.25. The van der Waals surface area contributed by atoms with Gasteiger partial charge in [-0.3, -0.25) is 9.69 Å². The zero-order chi connectivity index (χ0) is 17.3. The van der Waals surface area contributed by atoms with Crippen molar-refractivity contribution in [1.29, 1.82) is 0 Å². The van der Waals surface area contributed by atoms with Gasteiger partial charge >= 0.3 is 0 Å². The average Bonchev–Trinajstić information content (AvgIpc) is 2.86. The number of carbonyl (C=O) groups excluding carboxylic acids is 1. The minimum Gasteiger partial charge on any atom is -0.318 e. The van der Waals surface area contributed by atoms with Crippen LogP contribution >= 0.6 is 11.6 Å². The summed E-state index contributed by atoms with van der Waals surface area (Å²) in [5, 5.41) is 0.0844. The van der Waals surface area contributed by atoms with Crippen molar-refractivity contribution in [3.63, 3.8) is 0 Å². The Hall–Kier alpha value is -1.65. The molecule has 0 amide bonds. The number of nitrogens with zero attached hydrogens (tertiary/aromatic N) is 2. The number of halogens is 2. The molecule has 0 saturated carbocycles. The molecule has 0 N–H and O–H groups in total.